The summed E-state index contributed by atoms with van der Waals surface area (Å²) in [6.07, 6.45) is 1.73. The molecule has 0 aliphatic carbocycles. The molecule has 0 aliphatic rings. The largest absolute Gasteiger partial charge is 0.287 e. The van der Waals surface area contributed by atoms with Crippen LogP contribution in [0.5, 0.6) is 0 Å². The zero-order chi connectivity index (χ0) is 19.5. The Morgan fingerprint density at radius 1 is 1.18 bits per heavy atom. The third-order valence-corrected chi connectivity index (χ3v) is 7.50. The van der Waals surface area contributed by atoms with Gasteiger partial charge < -0.3 is 0 Å². The van der Waals surface area contributed by atoms with Gasteiger partial charge in [-0.2, -0.15) is 0 Å². The molecule has 0 bridgehead atoms. The van der Waals surface area contributed by atoms with E-state index >= 15 is 0 Å². The molecule has 7 heteroatoms. The summed E-state index contributed by atoms with van der Waals surface area (Å²) in [6.45, 7) is 4.75. The summed E-state index contributed by atoms with van der Waals surface area (Å²) in [6, 6.07) is 12.3. The van der Waals surface area contributed by atoms with Gasteiger partial charge in [-0.1, -0.05) is 49.0 Å². The normalized spacial score (nSPS) is 11.4. The van der Waals surface area contributed by atoms with Gasteiger partial charge in [0.05, 0.1) is 16.1 Å². The SMILES string of the molecule is CCc1cc2c(=O)n(CCc3ccccc3)c(SCc3csc(C)n3)nc2s1. The molecular formula is C21H21N3OS3. The third-order valence-electron chi connectivity index (χ3n) is 4.50. The Morgan fingerprint density at radius 2 is 2.00 bits per heavy atom. The maximum Gasteiger partial charge on any atom is 0.262 e. The Balaban J connectivity index is 1.68. The van der Waals surface area contributed by atoms with Crippen molar-refractivity contribution in [2.24, 2.45) is 0 Å². The van der Waals surface area contributed by atoms with Gasteiger partial charge in [0.15, 0.2) is 5.16 Å². The highest BCUT2D eigenvalue weighted by molar-refractivity contribution is 7.98. The first-order valence-electron chi connectivity index (χ1n) is 9.25. The quantitative estimate of drug-likeness (QED) is 0.296. The van der Waals surface area contributed by atoms with Crippen LogP contribution in [0.4, 0.5) is 0 Å². The fourth-order valence-corrected chi connectivity index (χ4v) is 5.67. The zero-order valence-electron chi connectivity index (χ0n) is 15.8. The van der Waals surface area contributed by atoms with Crippen LogP contribution in [0, 0.1) is 6.92 Å². The predicted octanol–water partition coefficient (Wildman–Crippen LogP) is 5.32. The molecule has 3 aromatic heterocycles. The van der Waals surface area contributed by atoms with Crippen molar-refractivity contribution < 1.29 is 0 Å². The van der Waals surface area contributed by atoms with Crippen molar-refractivity contribution in [1.82, 2.24) is 14.5 Å². The fourth-order valence-electron chi connectivity index (χ4n) is 3.03. The number of hydrogen-bond acceptors (Lipinski definition) is 6. The van der Waals surface area contributed by atoms with Gasteiger partial charge in [-0.3, -0.25) is 9.36 Å². The monoisotopic (exact) mass is 427 g/mol. The van der Waals surface area contributed by atoms with Crippen molar-refractivity contribution in [1.29, 1.82) is 0 Å². The zero-order valence-corrected chi connectivity index (χ0v) is 18.3. The summed E-state index contributed by atoms with van der Waals surface area (Å²) in [4.78, 5) is 24.7. The van der Waals surface area contributed by atoms with Gasteiger partial charge in [0, 0.05) is 22.6 Å². The van der Waals surface area contributed by atoms with Crippen LogP contribution in [-0.4, -0.2) is 14.5 Å². The molecule has 0 unspecified atom stereocenters. The lowest BCUT2D eigenvalue weighted by molar-refractivity contribution is 0.596. The van der Waals surface area contributed by atoms with Crippen LogP contribution < -0.4 is 5.56 Å². The molecule has 0 amide bonds. The molecule has 0 radical (unpaired) electrons. The summed E-state index contributed by atoms with van der Waals surface area (Å²) >= 11 is 4.87. The van der Waals surface area contributed by atoms with Crippen molar-refractivity contribution in [3.63, 3.8) is 0 Å². The maximum absolute atomic E-state index is 13.2. The lowest BCUT2D eigenvalue weighted by Crippen LogP contribution is -2.23. The third kappa shape index (κ3) is 4.21. The molecule has 4 rings (SSSR count). The second kappa shape index (κ2) is 8.59. The van der Waals surface area contributed by atoms with Gasteiger partial charge in [-0.05, 0) is 31.4 Å². The Kier molecular flexibility index (Phi) is 5.94. The lowest BCUT2D eigenvalue weighted by Gasteiger charge is -2.11. The minimum Gasteiger partial charge on any atom is -0.287 e. The van der Waals surface area contributed by atoms with E-state index in [4.69, 9.17) is 4.98 Å². The van der Waals surface area contributed by atoms with Crippen molar-refractivity contribution in [2.75, 3.05) is 0 Å². The fraction of sp³-hybridized carbons (Fsp3) is 0.286. The van der Waals surface area contributed by atoms with Crippen molar-refractivity contribution in [3.05, 3.63) is 73.3 Å². The molecule has 144 valence electrons. The standard InChI is InChI=1S/C21H21N3OS3/c1-3-17-11-18-19(28-17)23-21(27-13-16-12-26-14(2)22-16)24(20(18)25)10-9-15-7-5-4-6-8-15/h4-8,11-12H,3,9-10,13H2,1-2H3. The average Bonchev–Trinajstić information content (AvgIpc) is 3.32. The molecule has 0 N–H and O–H groups in total. The molecule has 4 aromatic rings. The van der Waals surface area contributed by atoms with Gasteiger partial charge >= 0.3 is 0 Å². The minimum atomic E-state index is 0.0637. The first-order valence-corrected chi connectivity index (χ1v) is 11.9. The maximum atomic E-state index is 13.2. The second-order valence-electron chi connectivity index (χ2n) is 6.52. The Morgan fingerprint density at radius 3 is 2.71 bits per heavy atom. The number of aromatic nitrogens is 3. The number of thiazole rings is 1. The van der Waals surface area contributed by atoms with Crippen LogP contribution in [0.2, 0.25) is 0 Å². The van der Waals surface area contributed by atoms with Gasteiger partial charge in [-0.15, -0.1) is 22.7 Å². The van der Waals surface area contributed by atoms with Crippen molar-refractivity contribution in [2.45, 2.75) is 44.1 Å². The number of fused-ring (bicyclic) bond motifs is 1. The Hall–Kier alpha value is -1.96. The van der Waals surface area contributed by atoms with E-state index in [9.17, 15) is 4.79 Å². The number of aryl methyl sites for hydroxylation is 3. The second-order valence-corrected chi connectivity index (χ2v) is 9.64. The van der Waals surface area contributed by atoms with Crippen molar-refractivity contribution >= 4 is 44.7 Å². The highest BCUT2D eigenvalue weighted by Crippen LogP contribution is 2.27. The number of rotatable bonds is 7. The summed E-state index contributed by atoms with van der Waals surface area (Å²) in [5.74, 6) is 0.722. The number of hydrogen-bond donors (Lipinski definition) is 0. The molecule has 0 atom stereocenters. The highest BCUT2D eigenvalue weighted by atomic mass is 32.2. The first-order chi connectivity index (χ1) is 13.6. The van der Waals surface area contributed by atoms with E-state index < -0.39 is 0 Å². The van der Waals surface area contributed by atoms with Crippen LogP contribution in [0.15, 0.2) is 51.7 Å². The number of nitrogens with zero attached hydrogens (tertiary/aromatic N) is 3. The first kappa shape index (κ1) is 19.4. The average molecular weight is 428 g/mol. The topological polar surface area (TPSA) is 47.8 Å². The van der Waals surface area contributed by atoms with E-state index in [0.29, 0.717) is 6.54 Å². The van der Waals surface area contributed by atoms with Gasteiger partial charge in [-0.25, -0.2) is 9.97 Å². The molecular weight excluding hydrogens is 406 g/mol. The molecule has 0 aliphatic heterocycles. The van der Waals surface area contributed by atoms with Gasteiger partial charge in [0.25, 0.3) is 5.56 Å². The summed E-state index contributed by atoms with van der Waals surface area (Å²) in [5.41, 5.74) is 2.32. The van der Waals surface area contributed by atoms with Crippen LogP contribution in [0.3, 0.4) is 0 Å². The highest BCUT2D eigenvalue weighted by Gasteiger charge is 2.15. The molecule has 0 spiro atoms. The van der Waals surface area contributed by atoms with Crippen LogP contribution in [-0.2, 0) is 25.1 Å². The summed E-state index contributed by atoms with van der Waals surface area (Å²) < 4.78 is 1.84. The molecule has 3 heterocycles. The number of thioether (sulfide) groups is 1. The molecule has 0 saturated heterocycles. The van der Waals surface area contributed by atoms with E-state index in [2.05, 4.69) is 29.4 Å². The van der Waals surface area contributed by atoms with E-state index in [1.54, 1.807) is 34.4 Å². The van der Waals surface area contributed by atoms with Crippen LogP contribution in [0.1, 0.15) is 28.1 Å². The van der Waals surface area contributed by atoms with E-state index in [1.165, 1.54) is 10.4 Å². The number of thiophene rings is 1. The minimum absolute atomic E-state index is 0.0637. The van der Waals surface area contributed by atoms with E-state index in [-0.39, 0.29) is 5.56 Å². The van der Waals surface area contributed by atoms with E-state index in [1.807, 2.05) is 35.8 Å². The van der Waals surface area contributed by atoms with Gasteiger partial charge in [0.2, 0.25) is 0 Å². The Bertz CT molecular complexity index is 1140. The smallest absolute Gasteiger partial charge is 0.262 e. The van der Waals surface area contributed by atoms with Crippen molar-refractivity contribution in [3.8, 4) is 0 Å². The van der Waals surface area contributed by atoms with Gasteiger partial charge in [0.1, 0.15) is 4.83 Å². The molecule has 0 saturated carbocycles. The van der Waals surface area contributed by atoms with Crippen LogP contribution in [0.25, 0.3) is 10.2 Å². The molecule has 4 nitrogen and oxygen atoms in total. The lowest BCUT2D eigenvalue weighted by atomic mass is 10.1. The molecule has 0 fully saturated rings. The predicted molar refractivity (Wildman–Crippen MR) is 120 cm³/mol. The molecule has 28 heavy (non-hydrogen) atoms. The van der Waals surface area contributed by atoms with E-state index in [0.717, 1.165) is 44.7 Å². The Labute approximate surface area is 176 Å². The summed E-state index contributed by atoms with van der Waals surface area (Å²) in [7, 11) is 0. The summed E-state index contributed by atoms with van der Waals surface area (Å²) in [5, 5.41) is 4.66. The van der Waals surface area contributed by atoms with Crippen LogP contribution >= 0.6 is 34.4 Å². The molecule has 1 aromatic carbocycles. The number of benzene rings is 1.